The smallest absolute Gasteiger partial charge is 0.217 e. The Kier molecular flexibility index (Phi) is 3.77. The number of carbonyl (C=O) groups is 1. The number of hydrogen-bond donors (Lipinski definition) is 1. The fourth-order valence-electron chi connectivity index (χ4n) is 1.14. The average Bonchev–Trinajstić information content (AvgIpc) is 2.15. The normalized spacial score (nSPS) is 12.2. The zero-order valence-electron chi connectivity index (χ0n) is 7.46. The summed E-state index contributed by atoms with van der Waals surface area (Å²) in [6.45, 7) is 1.49. The van der Waals surface area contributed by atoms with Crippen molar-refractivity contribution >= 4 is 17.5 Å². The van der Waals surface area contributed by atoms with Gasteiger partial charge in [-0.2, -0.15) is 0 Å². The summed E-state index contributed by atoms with van der Waals surface area (Å²) in [6.07, 6.45) is 0. The number of nitrogens with one attached hydrogen (secondary N) is 1. The molecule has 1 aromatic carbocycles. The van der Waals surface area contributed by atoms with E-state index in [0.29, 0.717) is 5.88 Å². The first-order chi connectivity index (χ1) is 6.24. The van der Waals surface area contributed by atoms with Gasteiger partial charge in [0.1, 0.15) is 0 Å². The van der Waals surface area contributed by atoms with Crippen LogP contribution in [-0.4, -0.2) is 11.8 Å². The quantitative estimate of drug-likeness (QED) is 0.739. The third-order valence-electron chi connectivity index (χ3n) is 1.73. The summed E-state index contributed by atoms with van der Waals surface area (Å²) in [5.74, 6) is 0.332. The van der Waals surface area contributed by atoms with Gasteiger partial charge < -0.3 is 5.32 Å². The lowest BCUT2D eigenvalue weighted by Crippen LogP contribution is -2.27. The molecule has 0 spiro atoms. The first-order valence-electron chi connectivity index (χ1n) is 4.12. The monoisotopic (exact) mass is 197 g/mol. The highest BCUT2D eigenvalue weighted by Crippen LogP contribution is 2.13. The Labute approximate surface area is 82.9 Å². The molecular formula is C10H12ClNO. The molecule has 0 saturated carbocycles. The van der Waals surface area contributed by atoms with E-state index in [1.807, 2.05) is 30.3 Å². The van der Waals surface area contributed by atoms with Crippen LogP contribution in [-0.2, 0) is 4.79 Å². The zero-order valence-corrected chi connectivity index (χ0v) is 8.21. The van der Waals surface area contributed by atoms with Crippen LogP contribution < -0.4 is 5.32 Å². The van der Waals surface area contributed by atoms with Crippen LogP contribution in [0.15, 0.2) is 30.3 Å². The summed E-state index contributed by atoms with van der Waals surface area (Å²) in [7, 11) is 0. The highest BCUT2D eigenvalue weighted by atomic mass is 35.5. The number of hydrogen-bond acceptors (Lipinski definition) is 1. The van der Waals surface area contributed by atoms with E-state index in [2.05, 4.69) is 5.32 Å². The third-order valence-corrected chi connectivity index (χ3v) is 2.04. The van der Waals surface area contributed by atoms with Gasteiger partial charge in [0.05, 0.1) is 6.04 Å². The van der Waals surface area contributed by atoms with E-state index < -0.39 is 0 Å². The molecule has 13 heavy (non-hydrogen) atoms. The molecule has 1 aromatic rings. The van der Waals surface area contributed by atoms with E-state index >= 15 is 0 Å². The largest absolute Gasteiger partial charge is 0.348 e. The van der Waals surface area contributed by atoms with Crippen molar-refractivity contribution in [2.24, 2.45) is 0 Å². The topological polar surface area (TPSA) is 29.1 Å². The van der Waals surface area contributed by atoms with Crippen LogP contribution in [0.1, 0.15) is 18.5 Å². The maximum Gasteiger partial charge on any atom is 0.217 e. The van der Waals surface area contributed by atoms with Gasteiger partial charge in [-0.25, -0.2) is 0 Å². The highest BCUT2D eigenvalue weighted by molar-refractivity contribution is 6.18. The standard InChI is InChI=1S/C10H12ClNO/c1-8(13)12-10(7-11)9-5-3-2-4-6-9/h2-6,10H,7H2,1H3,(H,12,13). The molecule has 1 N–H and O–H groups in total. The molecule has 1 amide bonds. The molecule has 0 aliphatic heterocycles. The molecule has 0 fully saturated rings. The molecule has 1 unspecified atom stereocenters. The van der Waals surface area contributed by atoms with E-state index in [1.165, 1.54) is 6.92 Å². The first kappa shape index (κ1) is 10.1. The molecule has 3 heteroatoms. The number of carbonyl (C=O) groups excluding carboxylic acids is 1. The van der Waals surface area contributed by atoms with Gasteiger partial charge in [0.25, 0.3) is 0 Å². The van der Waals surface area contributed by atoms with Crippen molar-refractivity contribution in [3.05, 3.63) is 35.9 Å². The van der Waals surface area contributed by atoms with Crippen molar-refractivity contribution in [2.75, 3.05) is 5.88 Å². The van der Waals surface area contributed by atoms with Gasteiger partial charge in [-0.3, -0.25) is 4.79 Å². The Bertz CT molecular complexity index is 274. The summed E-state index contributed by atoms with van der Waals surface area (Å²) >= 11 is 5.73. The van der Waals surface area contributed by atoms with E-state index in [4.69, 9.17) is 11.6 Å². The molecule has 0 heterocycles. The summed E-state index contributed by atoms with van der Waals surface area (Å²) < 4.78 is 0. The maximum atomic E-state index is 10.8. The summed E-state index contributed by atoms with van der Waals surface area (Å²) in [4.78, 5) is 10.8. The lowest BCUT2D eigenvalue weighted by Gasteiger charge is -2.14. The molecule has 1 atom stereocenters. The number of alkyl halides is 1. The van der Waals surface area contributed by atoms with Crippen LogP contribution in [0.3, 0.4) is 0 Å². The van der Waals surface area contributed by atoms with Crippen molar-refractivity contribution in [1.82, 2.24) is 5.32 Å². The van der Waals surface area contributed by atoms with Gasteiger partial charge in [-0.05, 0) is 5.56 Å². The van der Waals surface area contributed by atoms with E-state index in [1.54, 1.807) is 0 Å². The first-order valence-corrected chi connectivity index (χ1v) is 4.65. The number of halogens is 1. The fourth-order valence-corrected chi connectivity index (χ4v) is 1.40. The lowest BCUT2D eigenvalue weighted by atomic mass is 10.1. The average molecular weight is 198 g/mol. The minimum atomic E-state index is -0.0830. The summed E-state index contributed by atoms with van der Waals surface area (Å²) in [6, 6.07) is 9.60. The molecule has 70 valence electrons. The van der Waals surface area contributed by atoms with Gasteiger partial charge >= 0.3 is 0 Å². The van der Waals surface area contributed by atoms with Crippen molar-refractivity contribution < 1.29 is 4.79 Å². The second-order valence-corrected chi connectivity index (χ2v) is 3.13. The second kappa shape index (κ2) is 4.87. The fraction of sp³-hybridized carbons (Fsp3) is 0.300. The van der Waals surface area contributed by atoms with Crippen LogP contribution in [0.2, 0.25) is 0 Å². The van der Waals surface area contributed by atoms with Gasteiger partial charge in [0.2, 0.25) is 5.91 Å². The number of benzene rings is 1. The Hall–Kier alpha value is -1.02. The molecule has 0 radical (unpaired) electrons. The molecule has 1 rings (SSSR count). The third kappa shape index (κ3) is 3.07. The predicted molar refractivity (Wildman–Crippen MR) is 53.7 cm³/mol. The number of amides is 1. The van der Waals surface area contributed by atoms with Gasteiger partial charge in [0, 0.05) is 12.8 Å². The summed E-state index contributed by atoms with van der Waals surface area (Å²) in [5, 5.41) is 2.77. The Morgan fingerprint density at radius 1 is 1.46 bits per heavy atom. The summed E-state index contributed by atoms with van der Waals surface area (Å²) in [5.41, 5.74) is 1.03. The van der Waals surface area contributed by atoms with E-state index in [9.17, 15) is 4.79 Å². The number of rotatable bonds is 3. The van der Waals surface area contributed by atoms with Crippen LogP contribution in [0.5, 0.6) is 0 Å². The molecule has 0 bridgehead atoms. The Morgan fingerprint density at radius 2 is 2.08 bits per heavy atom. The van der Waals surface area contributed by atoms with E-state index in [0.717, 1.165) is 5.56 Å². The molecule has 2 nitrogen and oxygen atoms in total. The lowest BCUT2D eigenvalue weighted by molar-refractivity contribution is -0.119. The molecule has 0 aromatic heterocycles. The van der Waals surface area contributed by atoms with Gasteiger partial charge in [0.15, 0.2) is 0 Å². The second-order valence-electron chi connectivity index (χ2n) is 2.82. The zero-order chi connectivity index (χ0) is 9.68. The van der Waals surface area contributed by atoms with E-state index in [-0.39, 0.29) is 11.9 Å². The van der Waals surface area contributed by atoms with Crippen LogP contribution in [0, 0.1) is 0 Å². The predicted octanol–water partition coefficient (Wildman–Crippen LogP) is 2.10. The van der Waals surface area contributed by atoms with Gasteiger partial charge in [-0.1, -0.05) is 30.3 Å². The minimum absolute atomic E-state index is 0.0606. The van der Waals surface area contributed by atoms with Crippen LogP contribution >= 0.6 is 11.6 Å². The maximum absolute atomic E-state index is 10.8. The van der Waals surface area contributed by atoms with Crippen molar-refractivity contribution in [3.8, 4) is 0 Å². The van der Waals surface area contributed by atoms with Crippen LogP contribution in [0.25, 0.3) is 0 Å². The minimum Gasteiger partial charge on any atom is -0.348 e. The van der Waals surface area contributed by atoms with Crippen LogP contribution in [0.4, 0.5) is 0 Å². The Morgan fingerprint density at radius 3 is 2.54 bits per heavy atom. The Balaban J connectivity index is 2.73. The molecule has 0 aliphatic rings. The highest BCUT2D eigenvalue weighted by Gasteiger charge is 2.09. The SMILES string of the molecule is CC(=O)NC(CCl)c1ccccc1. The van der Waals surface area contributed by atoms with Crippen molar-refractivity contribution in [2.45, 2.75) is 13.0 Å². The van der Waals surface area contributed by atoms with Crippen molar-refractivity contribution in [1.29, 1.82) is 0 Å². The van der Waals surface area contributed by atoms with Crippen molar-refractivity contribution in [3.63, 3.8) is 0 Å². The molecular weight excluding hydrogens is 186 g/mol. The molecule has 0 saturated heterocycles. The molecule has 0 aliphatic carbocycles. The van der Waals surface area contributed by atoms with Gasteiger partial charge in [-0.15, -0.1) is 11.6 Å².